The number of nitrogen functional groups attached to an aromatic ring is 1. The monoisotopic (exact) mass is 448 g/mol. The number of hydrogen-bond donors (Lipinski definition) is 4. The Morgan fingerprint density at radius 1 is 1.24 bits per heavy atom. The number of aromatic nitrogens is 3. The summed E-state index contributed by atoms with van der Waals surface area (Å²) in [5.74, 6) is 1.73. The van der Waals surface area contributed by atoms with Gasteiger partial charge in [0.25, 0.3) is 5.89 Å². The second-order valence-electron chi connectivity index (χ2n) is 9.37. The molecule has 2 aliphatic heterocycles. The first-order chi connectivity index (χ1) is 15.8. The van der Waals surface area contributed by atoms with Crippen molar-refractivity contribution < 1.29 is 14.2 Å². The Hall–Kier alpha value is -2.95. The summed E-state index contributed by atoms with van der Waals surface area (Å²) in [6.45, 7) is 7.94. The van der Waals surface area contributed by atoms with Gasteiger partial charge in [0.2, 0.25) is 0 Å². The minimum atomic E-state index is -0.909. The Balaban J connectivity index is 1.37. The van der Waals surface area contributed by atoms with Gasteiger partial charge < -0.3 is 30.6 Å². The molecule has 1 saturated heterocycles. The molecule has 1 fully saturated rings. The first-order valence-corrected chi connectivity index (χ1v) is 11.4. The number of hydrogen-bond acceptors (Lipinski definition) is 9. The van der Waals surface area contributed by atoms with Crippen molar-refractivity contribution in [1.29, 1.82) is 0 Å². The van der Waals surface area contributed by atoms with Crippen LogP contribution in [0.1, 0.15) is 51.4 Å². The van der Waals surface area contributed by atoms with E-state index in [1.807, 2.05) is 32.0 Å². The fraction of sp³-hybridized carbons (Fsp3) is 0.435. The standard InChI is InChI=1S/C23H29BN6O3/c1-4-23(7-9-26-10-8-23)21-29-20(32-30-21)15-13-27-19(12-18(15)25)28-14-5-6-17-16(11-14)22(2,3)33-24(17)31/h5-6,11-13,26,31H,4,7-10H2,1-3H3,(H3,25,27,28). The highest BCUT2D eigenvalue weighted by Crippen LogP contribution is 2.37. The van der Waals surface area contributed by atoms with Crippen LogP contribution in [0.25, 0.3) is 11.5 Å². The first kappa shape index (κ1) is 21.9. The normalized spacial score (nSPS) is 18.8. The van der Waals surface area contributed by atoms with E-state index in [4.69, 9.17) is 19.9 Å². The Morgan fingerprint density at radius 2 is 2.03 bits per heavy atom. The van der Waals surface area contributed by atoms with Gasteiger partial charge in [-0.1, -0.05) is 18.1 Å². The number of nitrogens with zero attached hydrogens (tertiary/aromatic N) is 3. The minimum Gasteiger partial charge on any atom is -0.423 e. The van der Waals surface area contributed by atoms with Crippen LogP contribution in [0.15, 0.2) is 35.0 Å². The summed E-state index contributed by atoms with van der Waals surface area (Å²) in [7, 11) is -0.909. The summed E-state index contributed by atoms with van der Waals surface area (Å²) in [5, 5.41) is 21.1. The number of anilines is 3. The average Bonchev–Trinajstić information content (AvgIpc) is 3.37. The molecule has 0 aliphatic carbocycles. The van der Waals surface area contributed by atoms with Crippen molar-refractivity contribution >= 4 is 29.8 Å². The fourth-order valence-electron chi connectivity index (χ4n) is 4.83. The lowest BCUT2D eigenvalue weighted by Crippen LogP contribution is -2.40. The van der Waals surface area contributed by atoms with Crippen LogP contribution >= 0.6 is 0 Å². The molecule has 172 valence electrons. The number of piperidine rings is 1. The van der Waals surface area contributed by atoms with Crippen LogP contribution in [-0.2, 0) is 15.7 Å². The van der Waals surface area contributed by atoms with E-state index in [1.54, 1.807) is 12.3 Å². The summed E-state index contributed by atoms with van der Waals surface area (Å²) < 4.78 is 11.2. The SMILES string of the molecule is CCC1(c2noc(-c3cnc(Nc4ccc5c(c4)C(C)(C)OB5O)cc3N)n2)CCNCC1. The van der Waals surface area contributed by atoms with Gasteiger partial charge in [-0.2, -0.15) is 4.98 Å². The lowest BCUT2D eigenvalue weighted by Gasteiger charge is -2.33. The van der Waals surface area contributed by atoms with Gasteiger partial charge in [0.15, 0.2) is 5.82 Å². The highest BCUT2D eigenvalue weighted by Gasteiger charge is 2.40. The van der Waals surface area contributed by atoms with Crippen LogP contribution < -0.4 is 21.8 Å². The molecule has 0 radical (unpaired) electrons. The summed E-state index contributed by atoms with van der Waals surface area (Å²) in [4.78, 5) is 9.21. The maximum atomic E-state index is 10.1. The van der Waals surface area contributed by atoms with Crippen molar-refractivity contribution in [3.63, 3.8) is 0 Å². The third-order valence-corrected chi connectivity index (χ3v) is 6.95. The molecule has 2 aromatic heterocycles. The summed E-state index contributed by atoms with van der Waals surface area (Å²) in [5.41, 5.74) is 9.37. The van der Waals surface area contributed by atoms with Crippen molar-refractivity contribution in [1.82, 2.24) is 20.4 Å². The van der Waals surface area contributed by atoms with E-state index in [1.165, 1.54) is 0 Å². The van der Waals surface area contributed by atoms with Crippen molar-refractivity contribution in [3.8, 4) is 11.5 Å². The molecule has 10 heteroatoms. The number of benzene rings is 1. The summed E-state index contributed by atoms with van der Waals surface area (Å²) in [6, 6.07) is 7.46. The van der Waals surface area contributed by atoms with Crippen LogP contribution in [0, 0.1) is 0 Å². The molecule has 0 amide bonds. The average molecular weight is 448 g/mol. The zero-order valence-corrected chi connectivity index (χ0v) is 19.2. The number of rotatable bonds is 5. The zero-order chi connectivity index (χ0) is 23.2. The molecule has 0 atom stereocenters. The molecule has 0 saturated carbocycles. The quantitative estimate of drug-likeness (QED) is 0.435. The van der Waals surface area contributed by atoms with Crippen molar-refractivity contribution in [2.45, 2.75) is 51.0 Å². The largest absolute Gasteiger partial charge is 0.492 e. The Bertz CT molecular complexity index is 1170. The molecular weight excluding hydrogens is 419 g/mol. The smallest absolute Gasteiger partial charge is 0.423 e. The third kappa shape index (κ3) is 3.88. The molecule has 0 spiro atoms. The van der Waals surface area contributed by atoms with E-state index in [-0.39, 0.29) is 5.41 Å². The molecule has 1 aromatic carbocycles. The molecule has 5 N–H and O–H groups in total. The van der Waals surface area contributed by atoms with Gasteiger partial charge in [0.1, 0.15) is 5.82 Å². The highest BCUT2D eigenvalue weighted by atomic mass is 16.5. The van der Waals surface area contributed by atoms with Gasteiger partial charge >= 0.3 is 7.12 Å². The Kier molecular flexibility index (Phi) is 5.39. The Morgan fingerprint density at radius 3 is 2.76 bits per heavy atom. The molecule has 33 heavy (non-hydrogen) atoms. The fourth-order valence-corrected chi connectivity index (χ4v) is 4.83. The molecule has 5 rings (SSSR count). The van der Waals surface area contributed by atoms with Crippen LogP contribution in [0.4, 0.5) is 17.2 Å². The van der Waals surface area contributed by atoms with Crippen molar-refractivity contribution in [2.24, 2.45) is 0 Å². The topological polar surface area (TPSA) is 131 Å². The van der Waals surface area contributed by atoms with Crippen LogP contribution in [-0.4, -0.2) is 40.4 Å². The minimum absolute atomic E-state index is 0.0602. The lowest BCUT2D eigenvalue weighted by atomic mass is 9.76. The molecule has 3 aromatic rings. The second kappa shape index (κ2) is 8.12. The van der Waals surface area contributed by atoms with Gasteiger partial charge in [-0.05, 0) is 69.4 Å². The maximum Gasteiger partial charge on any atom is 0.492 e. The highest BCUT2D eigenvalue weighted by molar-refractivity contribution is 6.62. The Labute approximate surface area is 193 Å². The van der Waals surface area contributed by atoms with Crippen molar-refractivity contribution in [2.75, 3.05) is 24.1 Å². The van der Waals surface area contributed by atoms with Gasteiger partial charge in [0.05, 0.1) is 11.2 Å². The lowest BCUT2D eigenvalue weighted by molar-refractivity contribution is 0.101. The van der Waals surface area contributed by atoms with Gasteiger partial charge in [0, 0.05) is 29.1 Å². The molecular formula is C23H29BN6O3. The van der Waals surface area contributed by atoms with Crippen LogP contribution in [0.5, 0.6) is 0 Å². The molecule has 2 aliphatic rings. The van der Waals surface area contributed by atoms with Crippen LogP contribution in [0.3, 0.4) is 0 Å². The predicted molar refractivity (Wildman–Crippen MR) is 127 cm³/mol. The van der Waals surface area contributed by atoms with E-state index in [0.717, 1.165) is 54.9 Å². The maximum absolute atomic E-state index is 10.1. The molecule has 9 nitrogen and oxygen atoms in total. The molecule has 4 heterocycles. The summed E-state index contributed by atoms with van der Waals surface area (Å²) in [6.07, 6.45) is 4.58. The van der Waals surface area contributed by atoms with Gasteiger partial charge in [-0.25, -0.2) is 4.98 Å². The third-order valence-electron chi connectivity index (χ3n) is 6.95. The number of nitrogens with one attached hydrogen (secondary N) is 2. The first-order valence-electron chi connectivity index (χ1n) is 11.4. The number of pyridine rings is 1. The van der Waals surface area contributed by atoms with E-state index >= 15 is 0 Å². The van der Waals surface area contributed by atoms with E-state index in [9.17, 15) is 5.02 Å². The van der Waals surface area contributed by atoms with E-state index in [0.29, 0.717) is 23.0 Å². The number of nitrogens with two attached hydrogens (primary N) is 1. The molecule has 0 bridgehead atoms. The number of fused-ring (bicyclic) bond motifs is 1. The van der Waals surface area contributed by atoms with Gasteiger partial charge in [-0.3, -0.25) is 0 Å². The van der Waals surface area contributed by atoms with E-state index < -0.39 is 12.7 Å². The van der Waals surface area contributed by atoms with Crippen molar-refractivity contribution in [3.05, 3.63) is 41.9 Å². The van der Waals surface area contributed by atoms with E-state index in [2.05, 4.69) is 27.7 Å². The zero-order valence-electron chi connectivity index (χ0n) is 19.2. The van der Waals surface area contributed by atoms with Gasteiger partial charge in [-0.15, -0.1) is 0 Å². The summed E-state index contributed by atoms with van der Waals surface area (Å²) >= 11 is 0. The van der Waals surface area contributed by atoms with Crippen LogP contribution in [0.2, 0.25) is 0 Å². The second-order valence-corrected chi connectivity index (χ2v) is 9.37. The molecule has 0 unspecified atom stereocenters. The predicted octanol–water partition coefficient (Wildman–Crippen LogP) is 2.44.